The summed E-state index contributed by atoms with van der Waals surface area (Å²) in [5.41, 5.74) is 0. The lowest BCUT2D eigenvalue weighted by atomic mass is 9.92. The zero-order chi connectivity index (χ0) is 12.6. The average Bonchev–Trinajstić information content (AvgIpc) is 2.92. The van der Waals surface area contributed by atoms with Gasteiger partial charge >= 0.3 is 0 Å². The summed E-state index contributed by atoms with van der Waals surface area (Å²) in [6.45, 7) is 2.17. The number of aryl methyl sites for hydroxylation is 1. The van der Waals surface area contributed by atoms with Crippen LogP contribution in [0.1, 0.15) is 38.5 Å². The van der Waals surface area contributed by atoms with Crippen LogP contribution < -0.4 is 5.32 Å². The van der Waals surface area contributed by atoms with Gasteiger partial charge in [-0.3, -0.25) is 0 Å². The number of aromatic nitrogens is 2. The van der Waals surface area contributed by atoms with E-state index in [1.54, 1.807) is 0 Å². The van der Waals surface area contributed by atoms with E-state index in [9.17, 15) is 0 Å². The van der Waals surface area contributed by atoms with Gasteiger partial charge in [-0.15, -0.1) is 0 Å². The minimum atomic E-state index is 0.424. The van der Waals surface area contributed by atoms with Crippen molar-refractivity contribution < 1.29 is 4.74 Å². The summed E-state index contributed by atoms with van der Waals surface area (Å²) in [6.07, 6.45) is 13.7. The third-order valence-electron chi connectivity index (χ3n) is 3.81. The highest BCUT2D eigenvalue weighted by Gasteiger charge is 2.23. The fourth-order valence-electron chi connectivity index (χ4n) is 2.74. The fourth-order valence-corrected chi connectivity index (χ4v) is 2.74. The van der Waals surface area contributed by atoms with Gasteiger partial charge in [0.15, 0.2) is 0 Å². The Labute approximate surface area is 110 Å². The van der Waals surface area contributed by atoms with Crippen LogP contribution in [0.2, 0.25) is 0 Å². The van der Waals surface area contributed by atoms with Gasteiger partial charge in [0.05, 0.1) is 12.4 Å². The second kappa shape index (κ2) is 7.54. The van der Waals surface area contributed by atoms with Crippen LogP contribution >= 0.6 is 0 Å². The number of nitrogens with zero attached hydrogens (tertiary/aromatic N) is 2. The molecule has 1 aliphatic carbocycles. The summed E-state index contributed by atoms with van der Waals surface area (Å²) in [5.74, 6) is 0. The molecule has 1 N–H and O–H groups in total. The smallest absolute Gasteiger partial charge is 0.0945 e. The Balaban J connectivity index is 1.57. The molecule has 0 radical (unpaired) electrons. The predicted octanol–water partition coefficient (Wildman–Crippen LogP) is 2.21. The summed E-state index contributed by atoms with van der Waals surface area (Å²) >= 11 is 0. The van der Waals surface area contributed by atoms with Crippen LogP contribution in [0.5, 0.6) is 0 Å². The van der Waals surface area contributed by atoms with Crippen LogP contribution in [-0.2, 0) is 11.3 Å². The van der Waals surface area contributed by atoms with Gasteiger partial charge in [0.25, 0.3) is 0 Å². The first-order chi connectivity index (χ1) is 8.90. The lowest BCUT2D eigenvalue weighted by molar-refractivity contribution is 0.0418. The molecule has 1 aromatic rings. The maximum Gasteiger partial charge on any atom is 0.0945 e. The summed E-state index contributed by atoms with van der Waals surface area (Å²) in [7, 11) is 1.84. The Hall–Kier alpha value is -0.870. The monoisotopic (exact) mass is 251 g/mol. The molecule has 4 nitrogen and oxygen atoms in total. The molecule has 1 saturated carbocycles. The second-order valence-electron chi connectivity index (χ2n) is 5.13. The molecule has 18 heavy (non-hydrogen) atoms. The van der Waals surface area contributed by atoms with E-state index in [1.807, 2.05) is 25.8 Å². The van der Waals surface area contributed by atoms with E-state index in [1.165, 1.54) is 38.5 Å². The van der Waals surface area contributed by atoms with Crippen molar-refractivity contribution >= 4 is 0 Å². The average molecular weight is 251 g/mol. The molecule has 2 unspecified atom stereocenters. The Bertz CT molecular complexity index is 313. The van der Waals surface area contributed by atoms with E-state index < -0.39 is 0 Å². The summed E-state index contributed by atoms with van der Waals surface area (Å²) in [5, 5.41) is 3.65. The Kier molecular flexibility index (Phi) is 5.68. The van der Waals surface area contributed by atoms with Gasteiger partial charge in [0.2, 0.25) is 0 Å². The summed E-state index contributed by atoms with van der Waals surface area (Å²) in [6, 6.07) is 0.567. The fraction of sp³-hybridized carbons (Fsp3) is 0.786. The molecule has 0 aromatic carbocycles. The van der Waals surface area contributed by atoms with Gasteiger partial charge in [-0.1, -0.05) is 12.8 Å². The van der Waals surface area contributed by atoms with Gasteiger partial charge in [0, 0.05) is 32.1 Å². The van der Waals surface area contributed by atoms with Gasteiger partial charge in [-0.25, -0.2) is 4.98 Å². The molecule has 1 heterocycles. The number of imidazole rings is 1. The predicted molar refractivity (Wildman–Crippen MR) is 72.5 cm³/mol. The third kappa shape index (κ3) is 4.10. The van der Waals surface area contributed by atoms with E-state index in [0.717, 1.165) is 13.1 Å². The molecular weight excluding hydrogens is 226 g/mol. The van der Waals surface area contributed by atoms with Crippen molar-refractivity contribution in [3.63, 3.8) is 0 Å². The minimum absolute atomic E-state index is 0.424. The number of ether oxygens (including phenoxy) is 1. The van der Waals surface area contributed by atoms with E-state index in [0.29, 0.717) is 12.1 Å². The van der Waals surface area contributed by atoms with Crippen LogP contribution in [0.15, 0.2) is 18.7 Å². The minimum Gasteiger partial charge on any atom is -0.380 e. The second-order valence-corrected chi connectivity index (χ2v) is 5.13. The van der Waals surface area contributed by atoms with Crippen LogP contribution in [0.4, 0.5) is 0 Å². The van der Waals surface area contributed by atoms with Crippen molar-refractivity contribution in [2.45, 2.75) is 57.2 Å². The molecule has 0 saturated heterocycles. The van der Waals surface area contributed by atoms with Crippen molar-refractivity contribution in [1.29, 1.82) is 0 Å². The van der Waals surface area contributed by atoms with E-state index in [2.05, 4.69) is 14.9 Å². The Morgan fingerprint density at radius 2 is 2.22 bits per heavy atom. The molecule has 0 amide bonds. The van der Waals surface area contributed by atoms with Crippen LogP contribution in [0.3, 0.4) is 0 Å². The van der Waals surface area contributed by atoms with Crippen LogP contribution in [0, 0.1) is 0 Å². The summed E-state index contributed by atoms with van der Waals surface area (Å²) in [4.78, 5) is 4.05. The summed E-state index contributed by atoms with van der Waals surface area (Å²) < 4.78 is 7.68. The molecule has 1 fully saturated rings. The lowest BCUT2D eigenvalue weighted by Crippen LogP contribution is -2.43. The van der Waals surface area contributed by atoms with Crippen molar-refractivity contribution in [2.75, 3.05) is 13.7 Å². The number of methoxy groups -OCH3 is 1. The molecule has 2 atom stereocenters. The molecular formula is C14H25N3O. The number of hydrogen-bond donors (Lipinski definition) is 1. The van der Waals surface area contributed by atoms with Crippen LogP contribution in [0.25, 0.3) is 0 Å². The number of hydrogen-bond acceptors (Lipinski definition) is 3. The first kappa shape index (κ1) is 13.6. The van der Waals surface area contributed by atoms with E-state index >= 15 is 0 Å². The molecule has 0 spiro atoms. The molecule has 0 bridgehead atoms. The third-order valence-corrected chi connectivity index (χ3v) is 3.81. The van der Waals surface area contributed by atoms with Gasteiger partial charge < -0.3 is 14.6 Å². The molecule has 4 heteroatoms. The van der Waals surface area contributed by atoms with Crippen molar-refractivity contribution in [1.82, 2.24) is 14.9 Å². The van der Waals surface area contributed by atoms with Gasteiger partial charge in [-0.05, 0) is 32.2 Å². The standard InChI is InChI=1S/C14H25N3O/c1-18-14-7-3-2-6-13(14)16-8-4-5-10-17-11-9-15-12-17/h9,11-14,16H,2-8,10H2,1H3. The molecule has 2 rings (SSSR count). The van der Waals surface area contributed by atoms with Crippen molar-refractivity contribution in [3.05, 3.63) is 18.7 Å². The highest BCUT2D eigenvalue weighted by molar-refractivity contribution is 4.81. The zero-order valence-electron chi connectivity index (χ0n) is 11.3. The highest BCUT2D eigenvalue weighted by Crippen LogP contribution is 2.20. The lowest BCUT2D eigenvalue weighted by Gasteiger charge is -2.31. The Morgan fingerprint density at radius 1 is 1.33 bits per heavy atom. The Morgan fingerprint density at radius 3 is 3.00 bits per heavy atom. The molecule has 1 aliphatic rings. The van der Waals surface area contributed by atoms with Crippen LogP contribution in [-0.4, -0.2) is 35.4 Å². The first-order valence-corrected chi connectivity index (χ1v) is 7.12. The van der Waals surface area contributed by atoms with Gasteiger partial charge in [0.1, 0.15) is 0 Å². The highest BCUT2D eigenvalue weighted by atomic mass is 16.5. The number of unbranched alkanes of at least 4 members (excludes halogenated alkanes) is 1. The normalized spacial score (nSPS) is 24.3. The van der Waals surface area contributed by atoms with Gasteiger partial charge in [-0.2, -0.15) is 0 Å². The number of nitrogens with one attached hydrogen (secondary N) is 1. The van der Waals surface area contributed by atoms with E-state index in [4.69, 9.17) is 4.74 Å². The van der Waals surface area contributed by atoms with Crippen molar-refractivity contribution in [2.24, 2.45) is 0 Å². The topological polar surface area (TPSA) is 39.1 Å². The maximum atomic E-state index is 5.54. The maximum absolute atomic E-state index is 5.54. The van der Waals surface area contributed by atoms with E-state index in [-0.39, 0.29) is 0 Å². The largest absolute Gasteiger partial charge is 0.380 e. The van der Waals surface area contributed by atoms with Crippen molar-refractivity contribution in [3.8, 4) is 0 Å². The SMILES string of the molecule is COC1CCCCC1NCCCCn1ccnc1. The first-order valence-electron chi connectivity index (χ1n) is 7.12. The molecule has 102 valence electrons. The number of rotatable bonds is 7. The zero-order valence-corrected chi connectivity index (χ0v) is 11.3. The molecule has 1 aromatic heterocycles. The quantitative estimate of drug-likeness (QED) is 0.755. The molecule has 0 aliphatic heterocycles.